The Morgan fingerprint density at radius 1 is 1.00 bits per heavy atom. The highest BCUT2D eigenvalue weighted by molar-refractivity contribution is 5.89. The molecule has 0 unspecified atom stereocenters. The Hall–Kier alpha value is -5.44. The molecule has 2 atom stereocenters. The summed E-state index contributed by atoms with van der Waals surface area (Å²) in [6, 6.07) is 21.9. The third kappa shape index (κ3) is 5.89. The summed E-state index contributed by atoms with van der Waals surface area (Å²) in [7, 11) is 1.76. The van der Waals surface area contributed by atoms with E-state index in [-0.39, 0.29) is 30.5 Å². The van der Waals surface area contributed by atoms with Crippen molar-refractivity contribution in [1.29, 1.82) is 0 Å². The number of nitrogens with zero attached hydrogens (tertiary/aromatic N) is 2. The summed E-state index contributed by atoms with van der Waals surface area (Å²) in [5.74, 6) is -0.225. The van der Waals surface area contributed by atoms with Crippen LogP contribution in [0.15, 0.2) is 96.2 Å². The summed E-state index contributed by atoms with van der Waals surface area (Å²) in [6.07, 6.45) is 4.56. The number of H-pyrrole nitrogens is 1. The molecule has 3 N–H and O–H groups in total. The molecule has 5 aromatic rings. The number of hydrogen-bond donors (Lipinski definition) is 3. The van der Waals surface area contributed by atoms with Crippen molar-refractivity contribution in [3.05, 3.63) is 124 Å². The number of carbonyl (C=O) groups is 2. The highest BCUT2D eigenvalue weighted by atomic mass is 16.5. The second-order valence-corrected chi connectivity index (χ2v) is 11.2. The van der Waals surface area contributed by atoms with Crippen molar-refractivity contribution in [1.82, 2.24) is 14.9 Å². The Morgan fingerprint density at radius 3 is 2.66 bits per heavy atom. The maximum atomic E-state index is 14.3. The summed E-state index contributed by atoms with van der Waals surface area (Å²) in [4.78, 5) is 48.2. The molecule has 0 fully saturated rings. The standard InChI is InChI=1S/C35H33N5O4/c1-21-15-24-7-10-29(21)22(2)20-44-35(43)39-27-9-11-30(25-5-4-13-36-18-25)26(16-27)19-40(3)34(42)32(24)38-28-8-6-23-12-14-37-33(41)31(23)17-28/h4-18,22,32,38H,19-20H2,1-3H3,(H,37,41)(H,39,43)/t22-,32+/m0/s1. The molecule has 2 aromatic heterocycles. The van der Waals surface area contributed by atoms with Gasteiger partial charge in [0, 0.05) is 60.4 Å². The SMILES string of the molecule is Cc1cc2ccc1[C@@H](C)COC(=O)Nc1ccc(-c3cccnc3)c(c1)CN(C)C(=O)[C@@H]2Nc1ccc2cc[nH]c(=O)c2c1. The van der Waals surface area contributed by atoms with Crippen molar-refractivity contribution in [2.24, 2.45) is 0 Å². The molecule has 4 heterocycles. The lowest BCUT2D eigenvalue weighted by atomic mass is 9.92. The second kappa shape index (κ2) is 12.0. The van der Waals surface area contributed by atoms with Crippen LogP contribution < -0.4 is 16.2 Å². The molecule has 2 aliphatic heterocycles. The summed E-state index contributed by atoms with van der Waals surface area (Å²) >= 11 is 0. The molecule has 3 aromatic carbocycles. The van der Waals surface area contributed by atoms with Crippen LogP contribution in [0.3, 0.4) is 0 Å². The molecule has 0 radical (unpaired) electrons. The molecular formula is C35H33N5O4. The highest BCUT2D eigenvalue weighted by Crippen LogP contribution is 2.31. The zero-order valence-corrected chi connectivity index (χ0v) is 24.8. The Kier molecular flexibility index (Phi) is 7.85. The van der Waals surface area contributed by atoms with E-state index in [0.29, 0.717) is 16.8 Å². The monoisotopic (exact) mass is 587 g/mol. The lowest BCUT2D eigenvalue weighted by molar-refractivity contribution is -0.131. The number of amides is 2. The first kappa shape index (κ1) is 28.7. The van der Waals surface area contributed by atoms with E-state index in [2.05, 4.69) is 20.6 Å². The van der Waals surface area contributed by atoms with Gasteiger partial charge in [-0.05, 0) is 76.5 Å². The smallest absolute Gasteiger partial charge is 0.411 e. The summed E-state index contributed by atoms with van der Waals surface area (Å²) < 4.78 is 5.59. The third-order valence-corrected chi connectivity index (χ3v) is 8.06. The topological polar surface area (TPSA) is 116 Å². The molecule has 2 aliphatic rings. The first-order valence-corrected chi connectivity index (χ1v) is 14.5. The van der Waals surface area contributed by atoms with Gasteiger partial charge in [-0.25, -0.2) is 4.79 Å². The number of aromatic nitrogens is 2. The van der Waals surface area contributed by atoms with Gasteiger partial charge in [0.1, 0.15) is 6.04 Å². The van der Waals surface area contributed by atoms with Crippen LogP contribution >= 0.6 is 0 Å². The number of aromatic amines is 1. The first-order valence-electron chi connectivity index (χ1n) is 14.5. The molecule has 7 rings (SSSR count). The highest BCUT2D eigenvalue weighted by Gasteiger charge is 2.27. The molecule has 4 bridgehead atoms. The van der Waals surface area contributed by atoms with E-state index in [4.69, 9.17) is 4.74 Å². The largest absolute Gasteiger partial charge is 0.449 e. The van der Waals surface area contributed by atoms with E-state index in [0.717, 1.165) is 38.8 Å². The van der Waals surface area contributed by atoms with Gasteiger partial charge in [-0.2, -0.15) is 0 Å². The van der Waals surface area contributed by atoms with Gasteiger partial charge >= 0.3 is 6.09 Å². The maximum absolute atomic E-state index is 14.3. The van der Waals surface area contributed by atoms with Crippen molar-refractivity contribution in [2.75, 3.05) is 24.3 Å². The van der Waals surface area contributed by atoms with Crippen LogP contribution in [0.5, 0.6) is 0 Å². The lowest BCUT2D eigenvalue weighted by Crippen LogP contribution is -2.35. The van der Waals surface area contributed by atoms with Gasteiger partial charge in [0.2, 0.25) is 5.91 Å². The molecule has 2 amide bonds. The van der Waals surface area contributed by atoms with Gasteiger partial charge in [-0.3, -0.25) is 19.9 Å². The van der Waals surface area contributed by atoms with E-state index in [9.17, 15) is 14.4 Å². The van der Waals surface area contributed by atoms with Crippen molar-refractivity contribution < 1.29 is 14.3 Å². The van der Waals surface area contributed by atoms with Crippen LogP contribution in [-0.4, -0.2) is 40.5 Å². The average molecular weight is 588 g/mol. The number of likely N-dealkylation sites (N-methyl/N-ethyl adjacent to an activating group) is 1. The number of carbonyl (C=O) groups excluding carboxylic acids is 2. The van der Waals surface area contributed by atoms with Crippen molar-refractivity contribution in [3.8, 4) is 11.1 Å². The van der Waals surface area contributed by atoms with Crippen molar-refractivity contribution in [3.63, 3.8) is 0 Å². The number of fused-ring (bicyclic) bond motifs is 10. The number of anilines is 2. The predicted molar refractivity (Wildman–Crippen MR) is 172 cm³/mol. The molecule has 9 nitrogen and oxygen atoms in total. The summed E-state index contributed by atoms with van der Waals surface area (Å²) in [6.45, 7) is 4.45. The van der Waals surface area contributed by atoms with Crippen molar-refractivity contribution in [2.45, 2.75) is 32.4 Å². The van der Waals surface area contributed by atoms with Gasteiger partial charge in [0.15, 0.2) is 0 Å². The van der Waals surface area contributed by atoms with Gasteiger partial charge < -0.3 is 19.9 Å². The Morgan fingerprint density at radius 2 is 1.86 bits per heavy atom. The number of nitrogens with one attached hydrogen (secondary N) is 3. The van der Waals surface area contributed by atoms with Crippen molar-refractivity contribution >= 4 is 34.1 Å². The van der Waals surface area contributed by atoms with Gasteiger partial charge in [0.25, 0.3) is 5.56 Å². The van der Waals surface area contributed by atoms with Gasteiger partial charge in [-0.15, -0.1) is 0 Å². The molecule has 44 heavy (non-hydrogen) atoms. The Bertz CT molecular complexity index is 1920. The number of rotatable bonds is 3. The normalized spacial score (nSPS) is 17.3. The Balaban J connectivity index is 1.44. The van der Waals surface area contributed by atoms with Gasteiger partial charge in [-0.1, -0.05) is 43.3 Å². The number of hydrogen-bond acceptors (Lipinski definition) is 6. The van der Waals surface area contributed by atoms with Crippen LogP contribution in [-0.2, 0) is 16.1 Å². The third-order valence-electron chi connectivity index (χ3n) is 8.06. The maximum Gasteiger partial charge on any atom is 0.411 e. The molecule has 0 aliphatic carbocycles. The van der Waals surface area contributed by atoms with E-state index >= 15 is 0 Å². The lowest BCUT2D eigenvalue weighted by Gasteiger charge is -2.28. The molecule has 0 spiro atoms. The van der Waals surface area contributed by atoms with E-state index in [1.54, 1.807) is 36.6 Å². The van der Waals surface area contributed by atoms with E-state index < -0.39 is 12.1 Å². The summed E-state index contributed by atoms with van der Waals surface area (Å²) in [5.41, 5.74) is 6.42. The molecule has 0 saturated heterocycles. The number of aryl methyl sites for hydroxylation is 1. The van der Waals surface area contributed by atoms with Crippen LogP contribution in [0.2, 0.25) is 0 Å². The molecular weight excluding hydrogens is 554 g/mol. The molecule has 222 valence electrons. The fraction of sp³-hybridized carbons (Fsp3) is 0.200. The minimum Gasteiger partial charge on any atom is -0.449 e. The number of pyridine rings is 2. The van der Waals surface area contributed by atoms with Gasteiger partial charge in [0.05, 0.1) is 6.61 Å². The van der Waals surface area contributed by atoms with Crippen LogP contribution in [0.4, 0.5) is 16.2 Å². The molecule has 0 saturated carbocycles. The van der Waals surface area contributed by atoms with E-state index in [1.807, 2.05) is 80.6 Å². The average Bonchev–Trinajstić information content (AvgIpc) is 3.02. The van der Waals surface area contributed by atoms with E-state index in [1.165, 1.54) is 0 Å². The quantitative estimate of drug-likeness (QED) is 0.226. The fourth-order valence-electron chi connectivity index (χ4n) is 5.76. The number of ether oxygens (including phenoxy) is 1. The zero-order chi connectivity index (χ0) is 30.8. The van der Waals surface area contributed by atoms with Crippen LogP contribution in [0.1, 0.15) is 41.1 Å². The first-order chi connectivity index (χ1) is 21.3. The summed E-state index contributed by atoms with van der Waals surface area (Å²) in [5, 5.41) is 7.60. The zero-order valence-electron chi connectivity index (χ0n) is 24.8. The Labute approximate surface area is 254 Å². The second-order valence-electron chi connectivity index (χ2n) is 11.2. The molecule has 9 heteroatoms. The fourth-order valence-corrected chi connectivity index (χ4v) is 5.76. The number of benzene rings is 3. The van der Waals surface area contributed by atoms with Crippen LogP contribution in [0.25, 0.3) is 21.9 Å². The minimum absolute atomic E-state index is 0.0665. The van der Waals surface area contributed by atoms with Crippen LogP contribution in [0, 0.1) is 6.92 Å². The predicted octanol–water partition coefficient (Wildman–Crippen LogP) is 6.38. The minimum atomic E-state index is -0.739.